The van der Waals surface area contributed by atoms with Crippen LogP contribution in [0, 0.1) is 5.41 Å². The van der Waals surface area contributed by atoms with Crippen LogP contribution in [0.1, 0.15) is 29.9 Å². The van der Waals surface area contributed by atoms with Gasteiger partial charge >= 0.3 is 0 Å². The van der Waals surface area contributed by atoms with Crippen LogP contribution in [0.25, 0.3) is 0 Å². The van der Waals surface area contributed by atoms with Crippen LogP contribution in [-0.2, 0) is 16.6 Å². The Kier molecular flexibility index (Phi) is 4.62. The maximum Gasteiger partial charge on any atom is 0.289 e. The average molecular weight is 294 g/mol. The van der Waals surface area contributed by atoms with Gasteiger partial charge in [-0.05, 0) is 19.3 Å². The number of carbonyl (C=O) groups excluding carboxylic acids is 2. The van der Waals surface area contributed by atoms with Crippen LogP contribution in [0.3, 0.4) is 0 Å². The number of hydrogen-bond donors (Lipinski definition) is 1. The minimum atomic E-state index is -0.699. The highest BCUT2D eigenvalue weighted by molar-refractivity contribution is 5.91. The molecule has 2 heterocycles. The van der Waals surface area contributed by atoms with Crippen LogP contribution in [0.4, 0.5) is 0 Å². The molecule has 2 amide bonds. The minimum Gasteiger partial charge on any atom is -0.385 e. The molecule has 0 spiro atoms. The maximum atomic E-state index is 12.5. The molecule has 0 saturated carbocycles. The maximum absolute atomic E-state index is 12.5. The fourth-order valence-corrected chi connectivity index (χ4v) is 2.84. The summed E-state index contributed by atoms with van der Waals surface area (Å²) in [5, 5.41) is 0. The summed E-state index contributed by atoms with van der Waals surface area (Å²) < 4.78 is 6.76. The SMILES string of the molecule is COCCC1(C(N)=O)CCCN(C(=O)c2nccn2C)C1. The number of imidazole rings is 1. The van der Waals surface area contributed by atoms with E-state index in [1.54, 1.807) is 36.0 Å². The smallest absolute Gasteiger partial charge is 0.289 e. The lowest BCUT2D eigenvalue weighted by atomic mass is 9.76. The standard InChI is InChI=1S/C14H22N4O3/c1-17-8-6-16-11(17)12(19)18-7-3-4-14(10-18,13(15)20)5-9-21-2/h6,8H,3-5,7,9-10H2,1-2H3,(H2,15,20). The van der Waals surface area contributed by atoms with E-state index in [1.807, 2.05) is 0 Å². The first-order valence-corrected chi connectivity index (χ1v) is 7.05. The number of aromatic nitrogens is 2. The summed E-state index contributed by atoms with van der Waals surface area (Å²) in [4.78, 5) is 30.2. The number of ether oxygens (including phenoxy) is 1. The van der Waals surface area contributed by atoms with Gasteiger partial charge in [-0.1, -0.05) is 0 Å². The molecule has 2 N–H and O–H groups in total. The number of aryl methyl sites for hydroxylation is 1. The lowest BCUT2D eigenvalue weighted by Gasteiger charge is -2.40. The van der Waals surface area contributed by atoms with Crippen molar-refractivity contribution < 1.29 is 14.3 Å². The van der Waals surface area contributed by atoms with Gasteiger partial charge in [-0.3, -0.25) is 9.59 Å². The molecule has 1 aliphatic heterocycles. The fraction of sp³-hybridized carbons (Fsp3) is 0.643. The largest absolute Gasteiger partial charge is 0.385 e. The third kappa shape index (κ3) is 3.07. The predicted molar refractivity (Wildman–Crippen MR) is 76.5 cm³/mol. The topological polar surface area (TPSA) is 90.4 Å². The molecule has 1 aliphatic rings. The molecule has 1 aromatic rings. The molecule has 7 heteroatoms. The summed E-state index contributed by atoms with van der Waals surface area (Å²) in [5.41, 5.74) is 4.90. The zero-order valence-electron chi connectivity index (χ0n) is 12.5. The van der Waals surface area contributed by atoms with Gasteiger partial charge in [-0.2, -0.15) is 0 Å². The number of likely N-dealkylation sites (tertiary alicyclic amines) is 1. The molecule has 2 rings (SSSR count). The minimum absolute atomic E-state index is 0.162. The van der Waals surface area contributed by atoms with Crippen LogP contribution < -0.4 is 5.73 Å². The fourth-order valence-electron chi connectivity index (χ4n) is 2.84. The molecule has 1 atom stereocenters. The number of carbonyl (C=O) groups is 2. The van der Waals surface area contributed by atoms with Gasteiger partial charge < -0.3 is 19.9 Å². The van der Waals surface area contributed by atoms with Gasteiger partial charge in [-0.25, -0.2) is 4.98 Å². The van der Waals surface area contributed by atoms with Crippen molar-refractivity contribution in [2.45, 2.75) is 19.3 Å². The van der Waals surface area contributed by atoms with Gasteiger partial charge in [0.15, 0.2) is 5.82 Å². The second-order valence-corrected chi connectivity index (χ2v) is 5.58. The number of methoxy groups -OCH3 is 1. The number of nitrogens with two attached hydrogens (primary N) is 1. The Morgan fingerprint density at radius 2 is 2.29 bits per heavy atom. The first-order chi connectivity index (χ1) is 10.00. The Labute approximate surface area is 124 Å². The Morgan fingerprint density at radius 3 is 2.86 bits per heavy atom. The molecule has 1 unspecified atom stereocenters. The summed E-state index contributed by atoms with van der Waals surface area (Å²) in [6.45, 7) is 1.40. The van der Waals surface area contributed by atoms with Gasteiger partial charge in [0, 0.05) is 46.2 Å². The lowest BCUT2D eigenvalue weighted by molar-refractivity contribution is -0.131. The lowest BCUT2D eigenvalue weighted by Crippen LogP contribution is -2.53. The number of hydrogen-bond acceptors (Lipinski definition) is 4. The van der Waals surface area contributed by atoms with Gasteiger partial charge in [0.2, 0.25) is 5.91 Å². The van der Waals surface area contributed by atoms with Crippen LogP contribution in [-0.4, -0.2) is 53.1 Å². The molecule has 1 saturated heterocycles. The first kappa shape index (κ1) is 15.5. The van der Waals surface area contributed by atoms with E-state index in [-0.39, 0.29) is 11.8 Å². The van der Waals surface area contributed by atoms with Crippen molar-refractivity contribution in [3.63, 3.8) is 0 Å². The Balaban J connectivity index is 2.17. The second-order valence-electron chi connectivity index (χ2n) is 5.58. The highest BCUT2D eigenvalue weighted by Gasteiger charge is 2.42. The third-order valence-electron chi connectivity index (χ3n) is 4.18. The predicted octanol–water partition coefficient (Wildman–Crippen LogP) is 0.164. The van der Waals surface area contributed by atoms with Crippen molar-refractivity contribution in [1.82, 2.24) is 14.5 Å². The van der Waals surface area contributed by atoms with E-state index in [4.69, 9.17) is 10.5 Å². The van der Waals surface area contributed by atoms with Gasteiger partial charge in [-0.15, -0.1) is 0 Å². The molecular formula is C14H22N4O3. The quantitative estimate of drug-likeness (QED) is 0.838. The molecular weight excluding hydrogens is 272 g/mol. The van der Waals surface area contributed by atoms with Crippen molar-refractivity contribution in [2.24, 2.45) is 18.2 Å². The molecule has 0 bridgehead atoms. The van der Waals surface area contributed by atoms with Gasteiger partial charge in [0.25, 0.3) is 5.91 Å². The van der Waals surface area contributed by atoms with E-state index in [0.717, 1.165) is 6.42 Å². The zero-order valence-corrected chi connectivity index (χ0v) is 12.5. The summed E-state index contributed by atoms with van der Waals surface area (Å²) in [7, 11) is 3.37. The molecule has 0 aromatic carbocycles. The number of piperidine rings is 1. The van der Waals surface area contributed by atoms with Gasteiger partial charge in [0.05, 0.1) is 5.41 Å². The monoisotopic (exact) mass is 294 g/mol. The third-order valence-corrected chi connectivity index (χ3v) is 4.18. The van der Waals surface area contributed by atoms with Crippen molar-refractivity contribution in [3.8, 4) is 0 Å². The zero-order chi connectivity index (χ0) is 15.5. The highest BCUT2D eigenvalue weighted by Crippen LogP contribution is 2.33. The van der Waals surface area contributed by atoms with E-state index in [9.17, 15) is 9.59 Å². The second kappa shape index (κ2) is 6.26. The van der Waals surface area contributed by atoms with Crippen molar-refractivity contribution >= 4 is 11.8 Å². The molecule has 1 aromatic heterocycles. The highest BCUT2D eigenvalue weighted by atomic mass is 16.5. The number of primary amides is 1. The van der Waals surface area contributed by atoms with Crippen molar-refractivity contribution in [1.29, 1.82) is 0 Å². The van der Waals surface area contributed by atoms with E-state index in [2.05, 4.69) is 4.98 Å². The normalized spacial score (nSPS) is 22.3. The molecule has 1 fully saturated rings. The Hall–Kier alpha value is -1.89. The van der Waals surface area contributed by atoms with E-state index >= 15 is 0 Å². The molecule has 7 nitrogen and oxygen atoms in total. The van der Waals surface area contributed by atoms with Crippen LogP contribution in [0.2, 0.25) is 0 Å². The summed E-state index contributed by atoms with van der Waals surface area (Å²) >= 11 is 0. The van der Waals surface area contributed by atoms with E-state index in [0.29, 0.717) is 38.4 Å². The average Bonchev–Trinajstić information content (AvgIpc) is 2.90. The molecule has 0 aliphatic carbocycles. The van der Waals surface area contributed by atoms with Crippen molar-refractivity contribution in [3.05, 3.63) is 18.2 Å². The van der Waals surface area contributed by atoms with Crippen LogP contribution in [0.15, 0.2) is 12.4 Å². The van der Waals surface area contributed by atoms with Crippen LogP contribution >= 0.6 is 0 Å². The van der Waals surface area contributed by atoms with Gasteiger partial charge in [0.1, 0.15) is 0 Å². The summed E-state index contributed by atoms with van der Waals surface area (Å²) in [6.07, 6.45) is 5.29. The summed E-state index contributed by atoms with van der Waals surface area (Å²) in [5.74, 6) is -0.149. The number of nitrogens with zero attached hydrogens (tertiary/aromatic N) is 3. The molecule has 21 heavy (non-hydrogen) atoms. The Bertz CT molecular complexity index is 528. The number of rotatable bonds is 5. The summed E-state index contributed by atoms with van der Waals surface area (Å²) in [6, 6.07) is 0. The first-order valence-electron chi connectivity index (χ1n) is 7.05. The van der Waals surface area contributed by atoms with E-state index in [1.165, 1.54) is 0 Å². The molecule has 116 valence electrons. The molecule has 0 radical (unpaired) electrons. The van der Waals surface area contributed by atoms with Crippen LogP contribution in [0.5, 0.6) is 0 Å². The van der Waals surface area contributed by atoms with E-state index < -0.39 is 5.41 Å². The Morgan fingerprint density at radius 1 is 1.52 bits per heavy atom. The number of amides is 2. The van der Waals surface area contributed by atoms with Crippen molar-refractivity contribution in [2.75, 3.05) is 26.8 Å².